The minimum atomic E-state index is -1.07. The number of rotatable bonds is 5. The predicted octanol–water partition coefficient (Wildman–Crippen LogP) is 3.40. The van der Waals surface area contributed by atoms with Crippen LogP contribution in [0.4, 0.5) is 0 Å². The zero-order chi connectivity index (χ0) is 18.1. The lowest BCUT2D eigenvalue weighted by Crippen LogP contribution is -2.42. The van der Waals surface area contributed by atoms with E-state index in [0.717, 1.165) is 4.47 Å². The van der Waals surface area contributed by atoms with Gasteiger partial charge < -0.3 is 9.47 Å². The van der Waals surface area contributed by atoms with Gasteiger partial charge in [-0.05, 0) is 32.4 Å². The Bertz CT molecular complexity index is 650. The summed E-state index contributed by atoms with van der Waals surface area (Å²) in [4.78, 5) is 37.3. The molecule has 5 nitrogen and oxygen atoms in total. The van der Waals surface area contributed by atoms with E-state index in [1.165, 1.54) is 7.11 Å². The topological polar surface area (TPSA) is 69.7 Å². The quantitative estimate of drug-likeness (QED) is 0.433. The SMILES string of the molecule is CC[C@H](C(=O)c1ccc(Br)cc1)[C@@H]1[C@@H](C(=O)OC)C(=O)OC1(C)C. The number of halogens is 1. The van der Waals surface area contributed by atoms with Crippen molar-refractivity contribution in [3.05, 3.63) is 34.3 Å². The molecular weight excluding hydrogens is 376 g/mol. The van der Waals surface area contributed by atoms with Crippen molar-refractivity contribution in [1.82, 2.24) is 0 Å². The van der Waals surface area contributed by atoms with Crippen LogP contribution in [0.15, 0.2) is 28.7 Å². The van der Waals surface area contributed by atoms with E-state index in [1.54, 1.807) is 38.1 Å². The highest BCUT2D eigenvalue weighted by atomic mass is 79.9. The molecule has 0 radical (unpaired) electrons. The van der Waals surface area contributed by atoms with Gasteiger partial charge in [0, 0.05) is 21.9 Å². The van der Waals surface area contributed by atoms with Gasteiger partial charge >= 0.3 is 11.9 Å². The lowest BCUT2D eigenvalue weighted by Gasteiger charge is -2.32. The highest BCUT2D eigenvalue weighted by molar-refractivity contribution is 9.10. The maximum atomic E-state index is 13.0. The first-order chi connectivity index (χ1) is 11.2. The summed E-state index contributed by atoms with van der Waals surface area (Å²) in [5.74, 6) is -3.54. The third-order valence-electron chi connectivity index (χ3n) is 4.57. The first-order valence-corrected chi connectivity index (χ1v) is 8.62. The average Bonchev–Trinajstić information content (AvgIpc) is 2.77. The van der Waals surface area contributed by atoms with Crippen molar-refractivity contribution in [3.63, 3.8) is 0 Å². The van der Waals surface area contributed by atoms with E-state index in [-0.39, 0.29) is 5.78 Å². The summed E-state index contributed by atoms with van der Waals surface area (Å²) in [6, 6.07) is 7.04. The van der Waals surface area contributed by atoms with E-state index in [1.807, 2.05) is 6.92 Å². The molecule has 1 saturated heterocycles. The van der Waals surface area contributed by atoms with Gasteiger partial charge in [-0.25, -0.2) is 0 Å². The van der Waals surface area contributed by atoms with Crippen LogP contribution >= 0.6 is 15.9 Å². The fraction of sp³-hybridized carbons (Fsp3) is 0.500. The molecule has 0 bridgehead atoms. The largest absolute Gasteiger partial charge is 0.468 e. The van der Waals surface area contributed by atoms with E-state index >= 15 is 0 Å². The second-order valence-electron chi connectivity index (χ2n) is 6.44. The van der Waals surface area contributed by atoms with E-state index in [4.69, 9.17) is 9.47 Å². The van der Waals surface area contributed by atoms with Gasteiger partial charge in [-0.15, -0.1) is 0 Å². The van der Waals surface area contributed by atoms with Crippen LogP contribution in [0.5, 0.6) is 0 Å². The molecule has 0 aromatic heterocycles. The number of hydrogen-bond donors (Lipinski definition) is 0. The van der Waals surface area contributed by atoms with E-state index in [0.29, 0.717) is 12.0 Å². The molecule has 6 heteroatoms. The molecule has 1 aliphatic rings. The Morgan fingerprint density at radius 1 is 1.29 bits per heavy atom. The van der Waals surface area contributed by atoms with Gasteiger partial charge in [0.1, 0.15) is 5.60 Å². The molecule has 0 aliphatic carbocycles. The van der Waals surface area contributed by atoms with Gasteiger partial charge in [0.2, 0.25) is 0 Å². The van der Waals surface area contributed by atoms with Gasteiger partial charge in [-0.3, -0.25) is 14.4 Å². The lowest BCUT2D eigenvalue weighted by atomic mass is 9.70. The molecule has 1 fully saturated rings. The molecule has 1 heterocycles. The summed E-state index contributed by atoms with van der Waals surface area (Å²) in [5.41, 5.74) is -0.370. The Morgan fingerprint density at radius 3 is 2.38 bits per heavy atom. The molecule has 0 spiro atoms. The highest BCUT2D eigenvalue weighted by Gasteiger charge is 2.57. The van der Waals surface area contributed by atoms with Crippen molar-refractivity contribution >= 4 is 33.7 Å². The normalized spacial score (nSPS) is 23.5. The van der Waals surface area contributed by atoms with E-state index < -0.39 is 35.3 Å². The van der Waals surface area contributed by atoms with Crippen molar-refractivity contribution in [2.45, 2.75) is 32.8 Å². The Balaban J connectivity index is 2.42. The van der Waals surface area contributed by atoms with Crippen LogP contribution in [0.1, 0.15) is 37.6 Å². The molecule has 1 aromatic rings. The van der Waals surface area contributed by atoms with Crippen molar-refractivity contribution in [1.29, 1.82) is 0 Å². The van der Waals surface area contributed by atoms with Crippen LogP contribution in [-0.4, -0.2) is 30.4 Å². The number of carbonyl (C=O) groups excluding carboxylic acids is 3. The first-order valence-electron chi connectivity index (χ1n) is 7.83. The van der Waals surface area contributed by atoms with Crippen LogP contribution in [0.25, 0.3) is 0 Å². The Kier molecular flexibility index (Phi) is 5.48. The standard InChI is InChI=1S/C18H21BrO5/c1-5-12(15(20)10-6-8-11(19)9-7-10)14-13(16(21)23-4)17(22)24-18(14,2)3/h6-9,12-14H,5H2,1-4H3/t12-,13-,14+/m0/s1. The lowest BCUT2D eigenvalue weighted by molar-refractivity contribution is -0.156. The number of carbonyl (C=O) groups is 3. The molecular formula is C18H21BrO5. The maximum absolute atomic E-state index is 13.0. The summed E-state index contributed by atoms with van der Waals surface area (Å²) in [6.07, 6.45) is 0.493. The summed E-state index contributed by atoms with van der Waals surface area (Å²) in [6.45, 7) is 5.33. The van der Waals surface area contributed by atoms with Gasteiger partial charge in [-0.2, -0.15) is 0 Å². The zero-order valence-corrected chi connectivity index (χ0v) is 15.8. The number of cyclic esters (lactones) is 1. The number of ketones is 1. The molecule has 3 atom stereocenters. The Labute approximate surface area is 149 Å². The van der Waals surface area contributed by atoms with E-state index in [9.17, 15) is 14.4 Å². The Morgan fingerprint density at radius 2 is 1.88 bits per heavy atom. The second-order valence-corrected chi connectivity index (χ2v) is 7.35. The molecule has 0 unspecified atom stereocenters. The first kappa shape index (κ1) is 18.6. The number of Topliss-reactive ketones (excluding diaryl/α,β-unsaturated/α-hetero) is 1. The average molecular weight is 397 g/mol. The molecule has 2 rings (SSSR count). The van der Waals surface area contributed by atoms with Crippen LogP contribution in [-0.2, 0) is 19.1 Å². The smallest absolute Gasteiger partial charge is 0.321 e. The summed E-state index contributed by atoms with van der Waals surface area (Å²) >= 11 is 3.34. The molecule has 24 heavy (non-hydrogen) atoms. The number of esters is 2. The number of methoxy groups -OCH3 is 1. The third kappa shape index (κ3) is 3.38. The van der Waals surface area contributed by atoms with Crippen molar-refractivity contribution in [3.8, 4) is 0 Å². The van der Waals surface area contributed by atoms with Crippen LogP contribution in [0, 0.1) is 17.8 Å². The second kappa shape index (κ2) is 7.05. The van der Waals surface area contributed by atoms with Crippen LogP contribution in [0.3, 0.4) is 0 Å². The molecule has 0 amide bonds. The summed E-state index contributed by atoms with van der Waals surface area (Å²) < 4.78 is 11.0. The van der Waals surface area contributed by atoms with Gasteiger partial charge in [0.15, 0.2) is 11.7 Å². The van der Waals surface area contributed by atoms with Crippen LogP contribution < -0.4 is 0 Å². The number of hydrogen-bond acceptors (Lipinski definition) is 5. The Hall–Kier alpha value is -1.69. The molecule has 1 aromatic carbocycles. The zero-order valence-electron chi connectivity index (χ0n) is 14.2. The highest BCUT2D eigenvalue weighted by Crippen LogP contribution is 2.44. The van der Waals surface area contributed by atoms with Crippen LogP contribution in [0.2, 0.25) is 0 Å². The van der Waals surface area contributed by atoms with Crippen molar-refractivity contribution < 1.29 is 23.9 Å². The third-order valence-corrected chi connectivity index (χ3v) is 5.10. The van der Waals surface area contributed by atoms with Gasteiger partial charge in [0.05, 0.1) is 7.11 Å². The fourth-order valence-corrected chi connectivity index (χ4v) is 3.72. The fourth-order valence-electron chi connectivity index (χ4n) is 3.46. The number of ether oxygens (including phenoxy) is 2. The number of benzene rings is 1. The maximum Gasteiger partial charge on any atom is 0.321 e. The minimum absolute atomic E-state index is 0.102. The van der Waals surface area contributed by atoms with Gasteiger partial charge in [0.25, 0.3) is 0 Å². The molecule has 130 valence electrons. The molecule has 0 N–H and O–H groups in total. The summed E-state index contributed by atoms with van der Waals surface area (Å²) in [5, 5.41) is 0. The summed E-state index contributed by atoms with van der Waals surface area (Å²) in [7, 11) is 1.23. The van der Waals surface area contributed by atoms with Crippen molar-refractivity contribution in [2.24, 2.45) is 17.8 Å². The van der Waals surface area contributed by atoms with Gasteiger partial charge in [-0.1, -0.05) is 35.0 Å². The molecule has 1 aliphatic heterocycles. The van der Waals surface area contributed by atoms with E-state index in [2.05, 4.69) is 15.9 Å². The molecule has 0 saturated carbocycles. The monoisotopic (exact) mass is 396 g/mol. The minimum Gasteiger partial charge on any atom is -0.468 e. The van der Waals surface area contributed by atoms with Crippen molar-refractivity contribution in [2.75, 3.05) is 7.11 Å². The predicted molar refractivity (Wildman–Crippen MR) is 91.4 cm³/mol.